The third-order valence-electron chi connectivity index (χ3n) is 7.53. The molecule has 4 aliphatic carbocycles. The lowest BCUT2D eigenvalue weighted by Crippen LogP contribution is -2.35. The summed E-state index contributed by atoms with van der Waals surface area (Å²) in [4.78, 5) is 0. The molecule has 0 amide bonds. The van der Waals surface area contributed by atoms with Gasteiger partial charge in [-0.1, -0.05) is 27.2 Å². The first-order valence-electron chi connectivity index (χ1n) is 7.51. The second-order valence-corrected chi connectivity index (χ2v) is 8.23. The van der Waals surface area contributed by atoms with Gasteiger partial charge in [0.25, 0.3) is 0 Å². The molecule has 4 unspecified atom stereocenters. The molecule has 0 heterocycles. The van der Waals surface area contributed by atoms with Crippen molar-refractivity contribution in [3.8, 4) is 0 Å². The molecule has 0 N–H and O–H groups in total. The summed E-state index contributed by atoms with van der Waals surface area (Å²) in [6.45, 7) is 7.84. The summed E-state index contributed by atoms with van der Waals surface area (Å²) < 4.78 is 0. The first-order valence-corrected chi connectivity index (χ1v) is 7.51. The molecule has 4 bridgehead atoms. The predicted molar refractivity (Wildman–Crippen MR) is 67.1 cm³/mol. The zero-order chi connectivity index (χ0) is 11.2. The predicted octanol–water partition coefficient (Wildman–Crippen LogP) is 4.64. The van der Waals surface area contributed by atoms with Crippen LogP contribution in [0.1, 0.15) is 65.7 Å². The third kappa shape index (κ3) is 0.842. The minimum atomic E-state index is 0.648. The van der Waals surface area contributed by atoms with E-state index in [0.717, 1.165) is 28.6 Å². The lowest BCUT2D eigenvalue weighted by atomic mass is 9.62. The van der Waals surface area contributed by atoms with Gasteiger partial charge in [-0.3, -0.25) is 0 Å². The number of hydrogen-bond acceptors (Lipinski definition) is 0. The van der Waals surface area contributed by atoms with Crippen LogP contribution in [0.2, 0.25) is 0 Å². The van der Waals surface area contributed by atoms with Gasteiger partial charge in [0.1, 0.15) is 0 Å². The number of hydrogen-bond donors (Lipinski definition) is 0. The van der Waals surface area contributed by atoms with Crippen LogP contribution in [0.5, 0.6) is 0 Å². The van der Waals surface area contributed by atoms with Crippen LogP contribution in [0, 0.1) is 34.0 Å². The van der Waals surface area contributed by atoms with Crippen LogP contribution in [0.25, 0.3) is 0 Å². The fourth-order valence-corrected chi connectivity index (χ4v) is 6.80. The van der Waals surface area contributed by atoms with Gasteiger partial charge in [0.15, 0.2) is 0 Å². The molecule has 4 aliphatic rings. The van der Waals surface area contributed by atoms with E-state index < -0.39 is 0 Å². The van der Waals surface area contributed by atoms with Crippen molar-refractivity contribution in [3.05, 3.63) is 0 Å². The molecule has 90 valence electrons. The Morgan fingerprint density at radius 3 is 2.19 bits per heavy atom. The average Bonchev–Trinajstić information content (AvgIpc) is 2.85. The van der Waals surface area contributed by atoms with E-state index in [0.29, 0.717) is 5.41 Å². The van der Waals surface area contributed by atoms with E-state index in [1.165, 1.54) is 12.8 Å². The normalized spacial score (nSPS) is 55.3. The molecule has 0 aromatic heterocycles. The molecule has 4 fully saturated rings. The van der Waals surface area contributed by atoms with Crippen LogP contribution in [0.4, 0.5) is 0 Å². The highest BCUT2D eigenvalue weighted by Gasteiger charge is 2.75. The van der Waals surface area contributed by atoms with E-state index in [9.17, 15) is 0 Å². The second-order valence-electron chi connectivity index (χ2n) is 8.23. The summed E-state index contributed by atoms with van der Waals surface area (Å²) in [6, 6.07) is 0. The van der Waals surface area contributed by atoms with Crippen LogP contribution in [0.3, 0.4) is 0 Å². The maximum atomic E-state index is 2.68. The molecule has 4 saturated carbocycles. The Kier molecular flexibility index (Phi) is 1.59. The zero-order valence-electron chi connectivity index (χ0n) is 11.2. The Bertz CT molecular complexity index is 336. The fraction of sp³-hybridized carbons (Fsp3) is 1.00. The topological polar surface area (TPSA) is 0 Å². The lowest BCUT2D eigenvalue weighted by Gasteiger charge is -2.42. The molecule has 4 atom stereocenters. The summed E-state index contributed by atoms with van der Waals surface area (Å²) >= 11 is 0. The SMILES string of the molecule is CC1(C)CCCC2(C)C3CCC(C31)C21CC1. The van der Waals surface area contributed by atoms with Gasteiger partial charge in [-0.2, -0.15) is 0 Å². The van der Waals surface area contributed by atoms with Crippen LogP contribution < -0.4 is 0 Å². The summed E-state index contributed by atoms with van der Waals surface area (Å²) in [5.41, 5.74) is 2.25. The van der Waals surface area contributed by atoms with E-state index in [4.69, 9.17) is 0 Å². The Balaban J connectivity index is 1.87. The smallest absolute Gasteiger partial charge is 0.0209 e. The summed E-state index contributed by atoms with van der Waals surface area (Å²) in [5.74, 6) is 3.30. The minimum Gasteiger partial charge on any atom is -0.0596 e. The van der Waals surface area contributed by atoms with Crippen LogP contribution >= 0.6 is 0 Å². The molecule has 0 nitrogen and oxygen atoms in total. The lowest BCUT2D eigenvalue weighted by molar-refractivity contribution is 0.0642. The van der Waals surface area contributed by atoms with Gasteiger partial charge in [0, 0.05) is 0 Å². The molecular formula is C16H26. The molecule has 16 heavy (non-hydrogen) atoms. The van der Waals surface area contributed by atoms with E-state index in [-0.39, 0.29) is 0 Å². The first-order chi connectivity index (χ1) is 7.51. The molecule has 0 radical (unpaired) electrons. The highest BCUT2D eigenvalue weighted by Crippen LogP contribution is 2.83. The number of fused-ring (bicyclic) bond motifs is 2. The van der Waals surface area contributed by atoms with Crippen molar-refractivity contribution in [1.29, 1.82) is 0 Å². The van der Waals surface area contributed by atoms with Crippen LogP contribution in [0.15, 0.2) is 0 Å². The third-order valence-corrected chi connectivity index (χ3v) is 7.53. The fourth-order valence-electron chi connectivity index (χ4n) is 6.80. The molecule has 0 saturated heterocycles. The van der Waals surface area contributed by atoms with Gasteiger partial charge in [-0.05, 0) is 72.5 Å². The molecule has 4 rings (SSSR count). The van der Waals surface area contributed by atoms with Crippen LogP contribution in [-0.4, -0.2) is 0 Å². The van der Waals surface area contributed by atoms with Crippen molar-refractivity contribution in [2.75, 3.05) is 0 Å². The van der Waals surface area contributed by atoms with Crippen molar-refractivity contribution in [2.45, 2.75) is 65.7 Å². The average molecular weight is 218 g/mol. The highest BCUT2D eigenvalue weighted by atomic mass is 14.8. The van der Waals surface area contributed by atoms with Gasteiger partial charge < -0.3 is 0 Å². The molecular weight excluding hydrogens is 192 g/mol. The molecule has 0 heteroatoms. The van der Waals surface area contributed by atoms with Gasteiger partial charge in [0.05, 0.1) is 0 Å². The van der Waals surface area contributed by atoms with Crippen molar-refractivity contribution in [2.24, 2.45) is 34.0 Å². The van der Waals surface area contributed by atoms with Gasteiger partial charge in [-0.15, -0.1) is 0 Å². The summed E-state index contributed by atoms with van der Waals surface area (Å²) in [5, 5.41) is 0. The Morgan fingerprint density at radius 1 is 0.812 bits per heavy atom. The largest absolute Gasteiger partial charge is 0.0596 e. The Hall–Kier alpha value is 0. The Labute approximate surface area is 100 Å². The maximum absolute atomic E-state index is 2.68. The van der Waals surface area contributed by atoms with E-state index in [2.05, 4.69) is 20.8 Å². The molecule has 0 aliphatic heterocycles. The van der Waals surface area contributed by atoms with E-state index in [1.54, 1.807) is 32.1 Å². The van der Waals surface area contributed by atoms with Crippen molar-refractivity contribution in [1.82, 2.24) is 0 Å². The van der Waals surface area contributed by atoms with E-state index >= 15 is 0 Å². The number of rotatable bonds is 0. The quantitative estimate of drug-likeness (QED) is 0.555. The second kappa shape index (κ2) is 2.54. The Morgan fingerprint density at radius 2 is 1.50 bits per heavy atom. The summed E-state index contributed by atoms with van der Waals surface area (Å²) in [6.07, 6.45) is 10.9. The van der Waals surface area contributed by atoms with Gasteiger partial charge in [-0.25, -0.2) is 0 Å². The van der Waals surface area contributed by atoms with Crippen molar-refractivity contribution in [3.63, 3.8) is 0 Å². The maximum Gasteiger partial charge on any atom is -0.0209 e. The zero-order valence-corrected chi connectivity index (χ0v) is 11.2. The molecule has 0 aromatic rings. The van der Waals surface area contributed by atoms with Crippen molar-refractivity contribution >= 4 is 0 Å². The summed E-state index contributed by atoms with van der Waals surface area (Å²) in [7, 11) is 0. The molecule has 1 spiro atoms. The molecule has 0 aromatic carbocycles. The van der Waals surface area contributed by atoms with Crippen molar-refractivity contribution < 1.29 is 0 Å². The minimum absolute atomic E-state index is 0.648. The van der Waals surface area contributed by atoms with Crippen LogP contribution in [-0.2, 0) is 0 Å². The standard InChI is InChI=1S/C16H26/c1-14(2)7-4-8-15(3)11-5-6-12(13(11)14)16(15)9-10-16/h11-13H,4-10H2,1-3H3. The van der Waals surface area contributed by atoms with E-state index in [1.807, 2.05) is 0 Å². The highest BCUT2D eigenvalue weighted by molar-refractivity contribution is 5.24. The first kappa shape index (κ1) is 9.97. The van der Waals surface area contributed by atoms with Gasteiger partial charge in [0.2, 0.25) is 0 Å². The van der Waals surface area contributed by atoms with Gasteiger partial charge >= 0.3 is 0 Å². The monoisotopic (exact) mass is 218 g/mol.